The van der Waals surface area contributed by atoms with Gasteiger partial charge in [0.05, 0.1) is 18.6 Å². The Morgan fingerprint density at radius 3 is 3.00 bits per heavy atom. The molecule has 0 aliphatic carbocycles. The van der Waals surface area contributed by atoms with Gasteiger partial charge in [-0.05, 0) is 17.7 Å². The summed E-state index contributed by atoms with van der Waals surface area (Å²) < 4.78 is 5.82. The highest BCUT2D eigenvalue weighted by Crippen LogP contribution is 2.52. The predicted octanol–water partition coefficient (Wildman–Crippen LogP) is 0.759. The van der Waals surface area contributed by atoms with E-state index in [1.54, 1.807) is 29.2 Å². The summed E-state index contributed by atoms with van der Waals surface area (Å²) in [5.41, 5.74) is -0.00290. The number of likely N-dealkylation sites (tertiary alicyclic amines) is 1. The van der Waals surface area contributed by atoms with E-state index in [0.717, 1.165) is 5.56 Å². The lowest BCUT2D eigenvalue weighted by molar-refractivity contribution is -0.148. The van der Waals surface area contributed by atoms with Gasteiger partial charge in [0.25, 0.3) is 0 Å². The Labute approximate surface area is 126 Å². The third kappa shape index (κ3) is 1.70. The highest BCUT2D eigenvalue weighted by molar-refractivity contribution is 5.90. The predicted molar refractivity (Wildman–Crippen MR) is 74.9 cm³/mol. The van der Waals surface area contributed by atoms with Crippen molar-refractivity contribution in [3.8, 4) is 5.75 Å². The summed E-state index contributed by atoms with van der Waals surface area (Å²) in [7, 11) is 0. The fourth-order valence-electron chi connectivity index (χ4n) is 3.87. The quantitative estimate of drug-likeness (QED) is 0.805. The maximum atomic E-state index is 12.7. The van der Waals surface area contributed by atoms with Gasteiger partial charge in [-0.25, -0.2) is 0 Å². The second-order valence-electron chi connectivity index (χ2n) is 6.10. The molecule has 1 spiro atoms. The molecule has 4 unspecified atom stereocenters. The SMILES string of the molecule is O=C(O)C1C2C=CC3(CN(Cc4cccc(O)c4)C(=O)C13)O2. The van der Waals surface area contributed by atoms with E-state index in [0.29, 0.717) is 13.1 Å². The second kappa shape index (κ2) is 4.33. The minimum Gasteiger partial charge on any atom is -0.508 e. The Kier molecular flexibility index (Phi) is 2.62. The average molecular weight is 301 g/mol. The molecule has 2 bridgehead atoms. The first-order chi connectivity index (χ1) is 10.5. The van der Waals surface area contributed by atoms with Gasteiger partial charge in [0.1, 0.15) is 17.3 Å². The van der Waals surface area contributed by atoms with Crippen LogP contribution >= 0.6 is 0 Å². The van der Waals surface area contributed by atoms with Gasteiger partial charge in [0.15, 0.2) is 0 Å². The standard InChI is InChI=1S/C16H15NO5/c18-10-3-1-2-9(6-10)7-17-8-16-5-4-11(22-16)12(15(20)21)13(16)14(17)19/h1-6,11-13,18H,7-8H2,(H,20,21). The van der Waals surface area contributed by atoms with Crippen LogP contribution in [-0.2, 0) is 20.9 Å². The minimum absolute atomic E-state index is 0.142. The Hall–Kier alpha value is -2.34. The Balaban J connectivity index is 1.62. The van der Waals surface area contributed by atoms with Crippen molar-refractivity contribution in [2.24, 2.45) is 11.8 Å². The van der Waals surface area contributed by atoms with Crippen LogP contribution in [0.5, 0.6) is 5.75 Å². The Morgan fingerprint density at radius 1 is 1.45 bits per heavy atom. The molecule has 4 rings (SSSR count). The van der Waals surface area contributed by atoms with E-state index in [1.807, 2.05) is 12.1 Å². The van der Waals surface area contributed by atoms with E-state index in [1.165, 1.54) is 0 Å². The first-order valence-corrected chi connectivity index (χ1v) is 7.17. The molecule has 0 radical (unpaired) electrons. The maximum absolute atomic E-state index is 12.7. The number of carbonyl (C=O) groups excluding carboxylic acids is 1. The number of phenols is 1. The van der Waals surface area contributed by atoms with E-state index >= 15 is 0 Å². The molecule has 1 aromatic carbocycles. The largest absolute Gasteiger partial charge is 0.508 e. The van der Waals surface area contributed by atoms with Gasteiger partial charge < -0.3 is 19.8 Å². The van der Waals surface area contributed by atoms with Gasteiger partial charge in [-0.3, -0.25) is 9.59 Å². The van der Waals surface area contributed by atoms with Gasteiger partial charge in [-0.15, -0.1) is 0 Å². The molecule has 1 amide bonds. The molecule has 3 aliphatic rings. The Bertz CT molecular complexity index is 700. The summed E-state index contributed by atoms with van der Waals surface area (Å²) in [6, 6.07) is 6.70. The van der Waals surface area contributed by atoms with Crippen molar-refractivity contribution in [1.29, 1.82) is 0 Å². The van der Waals surface area contributed by atoms with Gasteiger partial charge in [-0.2, -0.15) is 0 Å². The molecular formula is C16H15NO5. The highest BCUT2D eigenvalue weighted by Gasteiger charge is 2.66. The van der Waals surface area contributed by atoms with Crippen molar-refractivity contribution in [1.82, 2.24) is 4.90 Å². The number of carboxylic acids is 1. The van der Waals surface area contributed by atoms with Crippen LogP contribution in [0.4, 0.5) is 0 Å². The number of aromatic hydroxyl groups is 1. The van der Waals surface area contributed by atoms with Crippen LogP contribution in [0, 0.1) is 11.8 Å². The highest BCUT2D eigenvalue weighted by atomic mass is 16.5. The van der Waals surface area contributed by atoms with Gasteiger partial charge in [0.2, 0.25) is 5.91 Å². The maximum Gasteiger partial charge on any atom is 0.310 e. The molecule has 3 aliphatic heterocycles. The minimum atomic E-state index is -0.992. The number of phenolic OH excluding ortho intramolecular Hbond substituents is 1. The summed E-state index contributed by atoms with van der Waals surface area (Å²) >= 11 is 0. The zero-order valence-electron chi connectivity index (χ0n) is 11.7. The van der Waals surface area contributed by atoms with E-state index < -0.39 is 29.5 Å². The molecule has 2 saturated heterocycles. The number of ether oxygens (including phenoxy) is 1. The number of benzene rings is 1. The third-order valence-electron chi connectivity index (χ3n) is 4.75. The van der Waals surface area contributed by atoms with E-state index in [2.05, 4.69) is 0 Å². The lowest BCUT2D eigenvalue weighted by Gasteiger charge is -2.21. The zero-order chi connectivity index (χ0) is 15.5. The normalized spacial score (nSPS) is 35.2. The van der Waals surface area contributed by atoms with Crippen LogP contribution in [-0.4, -0.2) is 45.2 Å². The summed E-state index contributed by atoms with van der Waals surface area (Å²) in [6.45, 7) is 0.683. The topological polar surface area (TPSA) is 87.1 Å². The lowest BCUT2D eigenvalue weighted by Crippen LogP contribution is -2.39. The van der Waals surface area contributed by atoms with Gasteiger partial charge in [-0.1, -0.05) is 24.3 Å². The van der Waals surface area contributed by atoms with Gasteiger partial charge in [0, 0.05) is 6.54 Å². The molecular weight excluding hydrogens is 286 g/mol. The monoisotopic (exact) mass is 301 g/mol. The van der Waals surface area contributed by atoms with Crippen molar-refractivity contribution in [2.75, 3.05) is 6.54 Å². The van der Waals surface area contributed by atoms with Crippen LogP contribution in [0.1, 0.15) is 5.56 Å². The van der Waals surface area contributed by atoms with Crippen LogP contribution in [0.2, 0.25) is 0 Å². The number of carbonyl (C=O) groups is 2. The van der Waals surface area contributed by atoms with Crippen LogP contribution in [0.15, 0.2) is 36.4 Å². The Morgan fingerprint density at radius 2 is 2.27 bits per heavy atom. The number of rotatable bonds is 3. The number of hydrogen-bond donors (Lipinski definition) is 2. The number of amides is 1. The molecule has 6 nitrogen and oxygen atoms in total. The number of fused-ring (bicyclic) bond motifs is 1. The van der Waals surface area contributed by atoms with Crippen molar-refractivity contribution in [2.45, 2.75) is 18.2 Å². The summed E-state index contributed by atoms with van der Waals surface area (Å²) in [6.07, 6.45) is 3.08. The molecule has 0 aromatic heterocycles. The zero-order valence-corrected chi connectivity index (χ0v) is 11.7. The molecule has 22 heavy (non-hydrogen) atoms. The van der Waals surface area contributed by atoms with Crippen LogP contribution in [0.25, 0.3) is 0 Å². The molecule has 3 heterocycles. The molecule has 2 fully saturated rings. The summed E-state index contributed by atoms with van der Waals surface area (Å²) in [5.74, 6) is -2.51. The van der Waals surface area contributed by atoms with Crippen molar-refractivity contribution in [3.63, 3.8) is 0 Å². The van der Waals surface area contributed by atoms with Crippen LogP contribution in [0.3, 0.4) is 0 Å². The van der Waals surface area contributed by atoms with E-state index in [9.17, 15) is 19.8 Å². The molecule has 0 saturated carbocycles. The van der Waals surface area contributed by atoms with Crippen LogP contribution < -0.4 is 0 Å². The summed E-state index contributed by atoms with van der Waals surface area (Å²) in [5, 5.41) is 18.9. The van der Waals surface area contributed by atoms with E-state index in [-0.39, 0.29) is 11.7 Å². The number of nitrogens with zero attached hydrogens (tertiary/aromatic N) is 1. The van der Waals surface area contributed by atoms with Crippen molar-refractivity contribution in [3.05, 3.63) is 42.0 Å². The first-order valence-electron chi connectivity index (χ1n) is 7.17. The fourth-order valence-corrected chi connectivity index (χ4v) is 3.87. The molecule has 1 aromatic rings. The smallest absolute Gasteiger partial charge is 0.310 e. The number of carboxylic acid groups (broad SMARTS) is 1. The lowest BCUT2D eigenvalue weighted by atomic mass is 9.77. The van der Waals surface area contributed by atoms with Crippen molar-refractivity contribution < 1.29 is 24.5 Å². The number of aliphatic carboxylic acids is 1. The van der Waals surface area contributed by atoms with Gasteiger partial charge >= 0.3 is 5.97 Å². The first kappa shape index (κ1) is 13.3. The molecule has 4 atom stereocenters. The number of hydrogen-bond acceptors (Lipinski definition) is 4. The second-order valence-corrected chi connectivity index (χ2v) is 6.10. The average Bonchev–Trinajstić information content (AvgIpc) is 3.08. The molecule has 6 heteroatoms. The van der Waals surface area contributed by atoms with Crippen molar-refractivity contribution >= 4 is 11.9 Å². The molecule has 114 valence electrons. The molecule has 2 N–H and O–H groups in total. The third-order valence-corrected chi connectivity index (χ3v) is 4.75. The fraction of sp³-hybridized carbons (Fsp3) is 0.375. The summed E-state index contributed by atoms with van der Waals surface area (Å²) in [4.78, 5) is 25.7. The van der Waals surface area contributed by atoms with E-state index in [4.69, 9.17) is 4.74 Å².